The summed E-state index contributed by atoms with van der Waals surface area (Å²) in [6.45, 7) is 5.35. The van der Waals surface area contributed by atoms with Crippen LogP contribution in [0.2, 0.25) is 0 Å². The second kappa shape index (κ2) is 8.78. The second-order valence-corrected chi connectivity index (χ2v) is 11.3. The van der Waals surface area contributed by atoms with E-state index in [0.29, 0.717) is 26.1 Å². The molecule has 30 heavy (non-hydrogen) atoms. The summed E-state index contributed by atoms with van der Waals surface area (Å²) in [4.78, 5) is 15.9. The summed E-state index contributed by atoms with van der Waals surface area (Å²) >= 11 is 1.25. The summed E-state index contributed by atoms with van der Waals surface area (Å²) in [5.41, 5.74) is 3.58. The van der Waals surface area contributed by atoms with Crippen LogP contribution >= 0.6 is 11.3 Å². The van der Waals surface area contributed by atoms with Crippen LogP contribution in [0.15, 0.2) is 28.5 Å². The van der Waals surface area contributed by atoms with Gasteiger partial charge in [-0.1, -0.05) is 36.2 Å². The van der Waals surface area contributed by atoms with E-state index in [1.165, 1.54) is 33.9 Å². The minimum atomic E-state index is -3.69. The fraction of sp³-hybridized carbons (Fsp3) is 0.500. The third kappa shape index (κ3) is 4.19. The Morgan fingerprint density at radius 3 is 2.63 bits per heavy atom. The van der Waals surface area contributed by atoms with Gasteiger partial charge in [-0.05, 0) is 37.3 Å². The number of aryl methyl sites for hydroxylation is 1. The highest BCUT2D eigenvalue weighted by atomic mass is 32.2. The maximum absolute atomic E-state index is 13.4. The highest BCUT2D eigenvalue weighted by Gasteiger charge is 2.37. The second-order valence-electron chi connectivity index (χ2n) is 8.07. The standard InChI is InChI=1S/C22H28N2O4S2/c1-16-7-6-8-17(13-16)14-23-12-9-18-19(15-23)29-22(20(18)21(25)28-2)30(26,27)24-10-4-3-5-11-24/h6-8,13H,3-5,9-12,14-15H2,1-2H3. The van der Waals surface area contributed by atoms with E-state index in [-0.39, 0.29) is 9.77 Å². The van der Waals surface area contributed by atoms with Crippen molar-refractivity contribution in [2.24, 2.45) is 0 Å². The number of ether oxygens (including phenoxy) is 1. The zero-order valence-corrected chi connectivity index (χ0v) is 19.2. The average Bonchev–Trinajstić information content (AvgIpc) is 3.13. The fourth-order valence-corrected chi connectivity index (χ4v) is 7.93. The number of piperidine rings is 1. The van der Waals surface area contributed by atoms with Crippen molar-refractivity contribution in [1.29, 1.82) is 0 Å². The molecule has 3 heterocycles. The fourth-order valence-electron chi connectivity index (χ4n) is 4.35. The molecule has 0 aliphatic carbocycles. The first-order valence-electron chi connectivity index (χ1n) is 10.4. The summed E-state index contributed by atoms with van der Waals surface area (Å²) in [5, 5.41) is 0. The number of carbonyl (C=O) groups is 1. The van der Waals surface area contributed by atoms with E-state index in [4.69, 9.17) is 4.74 Å². The highest BCUT2D eigenvalue weighted by Crippen LogP contribution is 2.38. The summed E-state index contributed by atoms with van der Waals surface area (Å²) in [6.07, 6.45) is 3.42. The lowest BCUT2D eigenvalue weighted by atomic mass is 10.0. The molecule has 0 N–H and O–H groups in total. The molecule has 0 radical (unpaired) electrons. The van der Waals surface area contributed by atoms with E-state index in [1.807, 2.05) is 0 Å². The van der Waals surface area contributed by atoms with Gasteiger partial charge in [-0.3, -0.25) is 4.90 Å². The molecule has 1 fully saturated rings. The Bertz CT molecular complexity index is 1040. The van der Waals surface area contributed by atoms with Gasteiger partial charge in [0.15, 0.2) is 0 Å². The van der Waals surface area contributed by atoms with Gasteiger partial charge >= 0.3 is 5.97 Å². The SMILES string of the molecule is COC(=O)c1c(S(=O)(=O)N2CCCCC2)sc2c1CCN(Cc1cccc(C)c1)C2. The van der Waals surface area contributed by atoms with Gasteiger partial charge in [0, 0.05) is 37.6 Å². The molecule has 1 aromatic heterocycles. The van der Waals surface area contributed by atoms with Crippen molar-refractivity contribution in [3.05, 3.63) is 51.4 Å². The Morgan fingerprint density at radius 1 is 1.17 bits per heavy atom. The third-order valence-electron chi connectivity index (χ3n) is 5.87. The molecule has 2 aliphatic rings. The predicted octanol–water partition coefficient (Wildman–Crippen LogP) is 3.58. The van der Waals surface area contributed by atoms with Crippen molar-refractivity contribution in [3.8, 4) is 0 Å². The predicted molar refractivity (Wildman–Crippen MR) is 117 cm³/mol. The number of hydrogen-bond acceptors (Lipinski definition) is 6. The van der Waals surface area contributed by atoms with Crippen molar-refractivity contribution >= 4 is 27.3 Å². The van der Waals surface area contributed by atoms with Gasteiger partial charge in [0.2, 0.25) is 0 Å². The molecule has 0 saturated carbocycles. The van der Waals surface area contributed by atoms with Crippen molar-refractivity contribution in [3.63, 3.8) is 0 Å². The Hall–Kier alpha value is -1.74. The number of thiophene rings is 1. The number of rotatable bonds is 5. The van der Waals surface area contributed by atoms with Crippen LogP contribution in [-0.4, -0.2) is 50.3 Å². The first-order chi connectivity index (χ1) is 14.4. The topological polar surface area (TPSA) is 66.9 Å². The lowest BCUT2D eigenvalue weighted by Crippen LogP contribution is -2.36. The third-order valence-corrected chi connectivity index (χ3v) is 9.48. The maximum atomic E-state index is 13.4. The maximum Gasteiger partial charge on any atom is 0.340 e. The molecule has 1 aromatic carbocycles. The van der Waals surface area contributed by atoms with Crippen LogP contribution in [0.3, 0.4) is 0 Å². The summed E-state index contributed by atoms with van der Waals surface area (Å²) in [5.74, 6) is -0.546. The zero-order valence-electron chi connectivity index (χ0n) is 17.5. The molecule has 0 amide bonds. The summed E-state index contributed by atoms with van der Waals surface area (Å²) in [7, 11) is -2.38. The Morgan fingerprint density at radius 2 is 1.93 bits per heavy atom. The van der Waals surface area contributed by atoms with E-state index in [1.54, 1.807) is 0 Å². The number of hydrogen-bond donors (Lipinski definition) is 0. The average molecular weight is 449 g/mol. The number of nitrogens with zero attached hydrogens (tertiary/aromatic N) is 2. The molecule has 8 heteroatoms. The number of sulfonamides is 1. The number of benzene rings is 1. The molecule has 4 rings (SSSR count). The molecule has 1 saturated heterocycles. The molecule has 0 atom stereocenters. The molecule has 6 nitrogen and oxygen atoms in total. The number of carbonyl (C=O) groups excluding carboxylic acids is 1. The molecule has 162 valence electrons. The molecule has 0 unspecified atom stereocenters. The number of methoxy groups -OCH3 is 1. The molecular weight excluding hydrogens is 420 g/mol. The van der Waals surface area contributed by atoms with Crippen LogP contribution < -0.4 is 0 Å². The number of esters is 1. The minimum Gasteiger partial charge on any atom is -0.465 e. The smallest absolute Gasteiger partial charge is 0.340 e. The van der Waals surface area contributed by atoms with Crippen LogP contribution in [0.5, 0.6) is 0 Å². The molecular formula is C22H28N2O4S2. The zero-order chi connectivity index (χ0) is 21.3. The Balaban J connectivity index is 1.65. The van der Waals surface area contributed by atoms with Gasteiger partial charge in [-0.2, -0.15) is 4.31 Å². The molecule has 0 bridgehead atoms. The summed E-state index contributed by atoms with van der Waals surface area (Å²) < 4.78 is 33.4. The van der Waals surface area contributed by atoms with Crippen molar-refractivity contribution < 1.29 is 17.9 Å². The lowest BCUT2D eigenvalue weighted by molar-refractivity contribution is 0.0595. The van der Waals surface area contributed by atoms with E-state index in [0.717, 1.165) is 42.8 Å². The van der Waals surface area contributed by atoms with E-state index < -0.39 is 16.0 Å². The van der Waals surface area contributed by atoms with E-state index in [2.05, 4.69) is 36.1 Å². The molecule has 2 aromatic rings. The normalized spacial score (nSPS) is 18.2. The Kier molecular flexibility index (Phi) is 6.29. The van der Waals surface area contributed by atoms with Gasteiger partial charge < -0.3 is 4.74 Å². The first kappa shape index (κ1) is 21.5. The lowest BCUT2D eigenvalue weighted by Gasteiger charge is -2.27. The van der Waals surface area contributed by atoms with E-state index in [9.17, 15) is 13.2 Å². The van der Waals surface area contributed by atoms with Crippen LogP contribution in [-0.2, 0) is 34.3 Å². The van der Waals surface area contributed by atoms with Crippen LogP contribution in [0.25, 0.3) is 0 Å². The highest BCUT2D eigenvalue weighted by molar-refractivity contribution is 7.91. The van der Waals surface area contributed by atoms with Crippen molar-refractivity contribution in [2.75, 3.05) is 26.7 Å². The first-order valence-corrected chi connectivity index (χ1v) is 12.7. The van der Waals surface area contributed by atoms with Gasteiger partial charge in [-0.25, -0.2) is 13.2 Å². The minimum absolute atomic E-state index is 0.165. The largest absolute Gasteiger partial charge is 0.465 e. The quantitative estimate of drug-likeness (QED) is 0.654. The van der Waals surface area contributed by atoms with Gasteiger partial charge in [0.25, 0.3) is 10.0 Å². The van der Waals surface area contributed by atoms with Crippen LogP contribution in [0, 0.1) is 6.92 Å². The van der Waals surface area contributed by atoms with E-state index >= 15 is 0 Å². The summed E-state index contributed by atoms with van der Waals surface area (Å²) in [6, 6.07) is 8.43. The van der Waals surface area contributed by atoms with Gasteiger partial charge in [0.05, 0.1) is 12.7 Å². The van der Waals surface area contributed by atoms with Crippen molar-refractivity contribution in [2.45, 2.75) is 49.9 Å². The van der Waals surface area contributed by atoms with Crippen LogP contribution in [0.1, 0.15) is 51.2 Å². The Labute approximate surface area is 182 Å². The molecule has 0 spiro atoms. The van der Waals surface area contributed by atoms with Crippen LogP contribution in [0.4, 0.5) is 0 Å². The monoisotopic (exact) mass is 448 g/mol. The molecule has 2 aliphatic heterocycles. The van der Waals surface area contributed by atoms with Gasteiger partial charge in [0.1, 0.15) is 4.21 Å². The van der Waals surface area contributed by atoms with Crippen molar-refractivity contribution in [1.82, 2.24) is 9.21 Å². The van der Waals surface area contributed by atoms with Gasteiger partial charge in [-0.15, -0.1) is 11.3 Å². The number of fused-ring (bicyclic) bond motifs is 1.